The Bertz CT molecular complexity index is 1130. The first-order chi connectivity index (χ1) is 15.7. The van der Waals surface area contributed by atoms with Gasteiger partial charge in [-0.3, -0.25) is 14.9 Å². The quantitative estimate of drug-likeness (QED) is 0.164. The number of rotatable bonds is 9. The van der Waals surface area contributed by atoms with Crippen LogP contribution >= 0.6 is 0 Å². The molecule has 4 aromatic rings. The van der Waals surface area contributed by atoms with E-state index in [1.165, 1.54) is 0 Å². The van der Waals surface area contributed by atoms with E-state index in [0.29, 0.717) is 19.5 Å². The van der Waals surface area contributed by atoms with Crippen LogP contribution in [-0.2, 0) is 43.0 Å². The monoisotopic (exact) mass is 613 g/mol. The van der Waals surface area contributed by atoms with Crippen molar-refractivity contribution in [3.05, 3.63) is 90.8 Å². The predicted octanol–water partition coefficient (Wildman–Crippen LogP) is 3.67. The van der Waals surface area contributed by atoms with Crippen LogP contribution in [-0.4, -0.2) is 27.4 Å². The third-order valence-corrected chi connectivity index (χ3v) is 5.19. The summed E-state index contributed by atoms with van der Waals surface area (Å²) in [5.74, 6) is -0.992. The second-order valence-corrected chi connectivity index (χ2v) is 7.53. The molecule has 2 heterocycles. The van der Waals surface area contributed by atoms with E-state index < -0.39 is 5.97 Å². The minimum Gasteiger partial charge on any atom is 0 e. The fraction of sp³-hybridized carbons (Fsp3) is 0.231. The number of hydrogen-bond acceptors (Lipinski definition) is 5. The van der Waals surface area contributed by atoms with E-state index in [-0.39, 0.29) is 26.8 Å². The summed E-state index contributed by atoms with van der Waals surface area (Å²) in [6.07, 6.45) is 1.49. The Morgan fingerprint density at radius 2 is 1.27 bits per heavy atom. The number of benzene rings is 2. The van der Waals surface area contributed by atoms with E-state index >= 15 is 0 Å². The summed E-state index contributed by atoms with van der Waals surface area (Å²) in [6, 6.07) is 24.5. The summed E-state index contributed by atoms with van der Waals surface area (Å²) < 4.78 is 7.50. The number of para-hydroxylation sites is 2. The molecule has 0 aliphatic rings. The maximum Gasteiger partial charge on any atom is 0 e. The van der Waals surface area contributed by atoms with E-state index in [4.69, 9.17) is 14.6 Å². The molecule has 4 rings (SSSR count). The van der Waals surface area contributed by atoms with Crippen molar-refractivity contribution in [2.45, 2.75) is 32.4 Å². The van der Waals surface area contributed by atoms with E-state index in [1.54, 1.807) is 0 Å². The minimum absolute atomic E-state index is 0. The first-order valence-corrected chi connectivity index (χ1v) is 10.5. The number of aliphatic carboxylic acids is 1. The number of aromatic nitrogens is 2. The van der Waals surface area contributed by atoms with Gasteiger partial charge in [0.2, 0.25) is 0 Å². The number of carboxylic acid groups (broad SMARTS) is 1. The Kier molecular flexibility index (Phi) is 10.9. The molecule has 33 heavy (non-hydrogen) atoms. The van der Waals surface area contributed by atoms with Gasteiger partial charge in [-0.05, 0) is 50.1 Å². The molecule has 0 aliphatic carbocycles. The molecule has 0 saturated carbocycles. The van der Waals surface area contributed by atoms with Crippen molar-refractivity contribution in [3.63, 3.8) is 0 Å². The maximum absolute atomic E-state index is 10.7. The third-order valence-electron chi connectivity index (χ3n) is 5.19. The number of fused-ring (bicyclic) bond motifs is 2. The van der Waals surface area contributed by atoms with Crippen LogP contribution in [0.4, 0.5) is 0 Å². The number of carbonyl (C=O) groups is 1. The third kappa shape index (κ3) is 7.87. The van der Waals surface area contributed by atoms with Gasteiger partial charge in [0.05, 0.1) is 22.4 Å². The van der Waals surface area contributed by atoms with Crippen LogP contribution < -0.4 is 5.11 Å². The number of hydrogen-bond donors (Lipinski definition) is 0. The molecular weight excluding hydrogens is 589 g/mol. The number of nitrogens with zero attached hydrogens (tertiary/aromatic N) is 3. The number of carboxylic acids is 1. The van der Waals surface area contributed by atoms with Crippen molar-refractivity contribution in [1.29, 1.82) is 0 Å². The Labute approximate surface area is 207 Å². The average molecular weight is 613 g/mol. The Balaban J connectivity index is 0.00000125. The number of carbonyl (C=O) groups excluding carboxylic acids is 1. The molecule has 6 nitrogen and oxygen atoms in total. The van der Waals surface area contributed by atoms with Crippen LogP contribution in [0.5, 0.6) is 0 Å². The SMILES string of the molecule is O=C([O-])CCCCN(Cc1ccc2ccccc2n1)Cc1ccc2ccccc2n1.[C-]#[O+].[Re]. The van der Waals surface area contributed by atoms with Crippen molar-refractivity contribution in [2.24, 2.45) is 0 Å². The predicted molar refractivity (Wildman–Crippen MR) is 120 cm³/mol. The molecule has 2 aromatic carbocycles. The van der Waals surface area contributed by atoms with Gasteiger partial charge >= 0.3 is 11.3 Å². The Morgan fingerprint density at radius 1 is 0.788 bits per heavy atom. The smallest absolute Gasteiger partial charge is 0 e. The molecular formula is C26H24N3O3Re-. The van der Waals surface area contributed by atoms with Gasteiger partial charge in [0.25, 0.3) is 0 Å². The average Bonchev–Trinajstić information content (AvgIpc) is 2.83. The molecule has 0 unspecified atom stereocenters. The molecule has 0 atom stereocenters. The number of pyridine rings is 2. The topological polar surface area (TPSA) is 89.1 Å². The molecule has 7 heteroatoms. The summed E-state index contributed by atoms with van der Waals surface area (Å²) in [7, 11) is 0. The number of unbranched alkanes of at least 4 members (excludes halogenated alkanes) is 1. The van der Waals surface area contributed by atoms with Gasteiger partial charge in [-0.2, -0.15) is 0 Å². The molecule has 0 amide bonds. The molecule has 0 fully saturated rings. The Hall–Kier alpha value is -2.91. The van der Waals surface area contributed by atoms with Gasteiger partial charge in [0.15, 0.2) is 0 Å². The van der Waals surface area contributed by atoms with Crippen LogP contribution in [0.1, 0.15) is 30.7 Å². The van der Waals surface area contributed by atoms with E-state index in [2.05, 4.69) is 47.9 Å². The molecule has 169 valence electrons. The Morgan fingerprint density at radius 3 is 1.76 bits per heavy atom. The zero-order valence-corrected chi connectivity index (χ0v) is 20.8. The molecule has 2 aromatic heterocycles. The fourth-order valence-corrected chi connectivity index (χ4v) is 3.67. The van der Waals surface area contributed by atoms with Crippen LogP contribution in [0.2, 0.25) is 0 Å². The van der Waals surface area contributed by atoms with Gasteiger partial charge < -0.3 is 9.90 Å². The standard InChI is InChI=1S/C25H25N3O2.CO.Re/c29-25(30)11-5-6-16-28(17-21-14-12-19-7-1-3-9-23(19)26-21)18-22-15-13-20-8-2-4-10-24(20)27-22;1-2;/h1-4,7-10,12-15H,5-6,11,16-18H2,(H,29,30);;/p-1. The van der Waals surface area contributed by atoms with Crippen molar-refractivity contribution < 1.29 is 35.0 Å². The normalized spacial score (nSPS) is 10.4. The molecule has 0 bridgehead atoms. The van der Waals surface area contributed by atoms with Gasteiger partial charge in [-0.15, -0.1) is 0 Å². The van der Waals surface area contributed by atoms with Gasteiger partial charge in [0, 0.05) is 50.3 Å². The molecule has 0 N–H and O–H groups in total. The first kappa shape index (κ1) is 26.3. The molecule has 0 saturated heterocycles. The van der Waals surface area contributed by atoms with Crippen LogP contribution in [0.25, 0.3) is 21.8 Å². The summed E-state index contributed by atoms with van der Waals surface area (Å²) >= 11 is 0. The minimum atomic E-state index is -0.992. The molecule has 1 radical (unpaired) electrons. The summed E-state index contributed by atoms with van der Waals surface area (Å²) in [5, 5.41) is 13.0. The second-order valence-electron chi connectivity index (χ2n) is 7.53. The summed E-state index contributed by atoms with van der Waals surface area (Å²) in [4.78, 5) is 22.6. The van der Waals surface area contributed by atoms with Gasteiger partial charge in [-0.1, -0.05) is 48.5 Å². The maximum atomic E-state index is 10.7. The van der Waals surface area contributed by atoms with E-state index in [9.17, 15) is 9.90 Å². The van der Waals surface area contributed by atoms with Crippen molar-refractivity contribution in [1.82, 2.24) is 14.9 Å². The van der Waals surface area contributed by atoms with Crippen LogP contribution in [0, 0.1) is 6.65 Å². The van der Waals surface area contributed by atoms with Gasteiger partial charge in [0.1, 0.15) is 0 Å². The van der Waals surface area contributed by atoms with E-state index in [1.807, 2.05) is 36.4 Å². The van der Waals surface area contributed by atoms with E-state index in [0.717, 1.165) is 46.2 Å². The van der Waals surface area contributed by atoms with Crippen molar-refractivity contribution >= 4 is 27.8 Å². The zero-order valence-electron chi connectivity index (χ0n) is 18.1. The summed E-state index contributed by atoms with van der Waals surface area (Å²) in [6.45, 7) is 6.64. The summed E-state index contributed by atoms with van der Waals surface area (Å²) in [5.41, 5.74) is 3.95. The molecule has 0 spiro atoms. The van der Waals surface area contributed by atoms with Crippen LogP contribution in [0.15, 0.2) is 72.8 Å². The largest absolute Gasteiger partial charge is 0 e. The van der Waals surface area contributed by atoms with Crippen molar-refractivity contribution in [3.8, 4) is 0 Å². The molecule has 0 aliphatic heterocycles. The first-order valence-electron chi connectivity index (χ1n) is 10.5. The second kappa shape index (κ2) is 13.6. The van der Waals surface area contributed by atoms with Crippen LogP contribution in [0.3, 0.4) is 0 Å². The zero-order chi connectivity index (χ0) is 22.8. The van der Waals surface area contributed by atoms with Crippen molar-refractivity contribution in [2.75, 3.05) is 6.54 Å². The fourth-order valence-electron chi connectivity index (χ4n) is 3.67. The van der Waals surface area contributed by atoms with Gasteiger partial charge in [-0.25, -0.2) is 0 Å².